The first-order chi connectivity index (χ1) is 11.3. The highest BCUT2D eigenvalue weighted by Crippen LogP contribution is 2.30. The maximum atomic E-state index is 5.54. The summed E-state index contributed by atoms with van der Waals surface area (Å²) in [5.41, 5.74) is 2.24. The Morgan fingerprint density at radius 3 is 3.12 bits per heavy atom. The Morgan fingerprint density at radius 1 is 1.38 bits per heavy atom. The third kappa shape index (κ3) is 3.57. The van der Waals surface area contributed by atoms with E-state index in [0.717, 1.165) is 49.7 Å². The number of nitrogens with zero attached hydrogens (tertiary/aromatic N) is 2. The fraction of sp³-hybridized carbons (Fsp3) is 0.556. The van der Waals surface area contributed by atoms with Gasteiger partial charge in [0.2, 0.25) is 11.7 Å². The monoisotopic (exact) mass is 349 g/mol. The molecule has 0 bridgehead atoms. The Morgan fingerprint density at radius 2 is 2.29 bits per heavy atom. The van der Waals surface area contributed by atoms with Crippen molar-refractivity contribution in [3.8, 4) is 17.1 Å². The molecule has 0 spiro atoms. The summed E-state index contributed by atoms with van der Waals surface area (Å²) in [7, 11) is 0. The third-order valence-corrected chi connectivity index (χ3v) is 5.05. The molecule has 1 aromatic heterocycles. The minimum absolute atomic E-state index is 0. The molecule has 0 aliphatic carbocycles. The Labute approximate surface area is 148 Å². The van der Waals surface area contributed by atoms with Crippen molar-refractivity contribution in [2.75, 3.05) is 19.7 Å². The molecule has 0 radical (unpaired) electrons. The van der Waals surface area contributed by atoms with Crippen molar-refractivity contribution in [3.63, 3.8) is 0 Å². The molecule has 2 aliphatic heterocycles. The Kier molecular flexibility index (Phi) is 5.41. The van der Waals surface area contributed by atoms with Crippen LogP contribution in [0.5, 0.6) is 5.75 Å². The van der Waals surface area contributed by atoms with Crippen LogP contribution in [-0.2, 0) is 12.8 Å². The summed E-state index contributed by atoms with van der Waals surface area (Å²) in [6, 6.07) is 6.13. The quantitative estimate of drug-likeness (QED) is 0.917. The standard InChI is InChI=1S/C18H23N3O2.ClH/c1-12(15-3-2-7-19-11-15)9-17-20-18(21-23-17)14-4-5-16-13(10-14)6-8-22-16;/h4-5,10,12,15,19H,2-3,6-9,11H2,1H3;1H. The van der Waals surface area contributed by atoms with E-state index in [0.29, 0.717) is 17.7 Å². The summed E-state index contributed by atoms with van der Waals surface area (Å²) in [4.78, 5) is 4.60. The number of aromatic nitrogens is 2. The largest absolute Gasteiger partial charge is 0.493 e. The summed E-state index contributed by atoms with van der Waals surface area (Å²) in [6.45, 7) is 5.31. The second-order valence-corrected chi connectivity index (χ2v) is 6.72. The van der Waals surface area contributed by atoms with Gasteiger partial charge in [-0.3, -0.25) is 0 Å². The number of nitrogens with one attached hydrogen (secondary N) is 1. The van der Waals surface area contributed by atoms with Gasteiger partial charge in [0.1, 0.15) is 5.75 Å². The van der Waals surface area contributed by atoms with Crippen LogP contribution in [0.25, 0.3) is 11.4 Å². The summed E-state index contributed by atoms with van der Waals surface area (Å²) in [5.74, 6) is 3.68. The minimum Gasteiger partial charge on any atom is -0.493 e. The molecule has 4 rings (SSSR count). The van der Waals surface area contributed by atoms with Gasteiger partial charge in [-0.15, -0.1) is 12.4 Å². The number of rotatable bonds is 4. The molecule has 1 saturated heterocycles. The van der Waals surface area contributed by atoms with Crippen LogP contribution in [0.3, 0.4) is 0 Å². The molecule has 130 valence electrons. The first-order valence-electron chi connectivity index (χ1n) is 8.59. The number of benzene rings is 1. The molecule has 5 nitrogen and oxygen atoms in total. The van der Waals surface area contributed by atoms with E-state index in [2.05, 4.69) is 28.4 Å². The van der Waals surface area contributed by atoms with E-state index in [1.807, 2.05) is 12.1 Å². The van der Waals surface area contributed by atoms with E-state index in [1.165, 1.54) is 18.4 Å². The van der Waals surface area contributed by atoms with E-state index in [1.54, 1.807) is 0 Å². The van der Waals surface area contributed by atoms with Crippen molar-refractivity contribution in [3.05, 3.63) is 29.7 Å². The average Bonchev–Trinajstić information content (AvgIpc) is 3.23. The number of halogens is 1. The van der Waals surface area contributed by atoms with E-state index >= 15 is 0 Å². The zero-order valence-corrected chi connectivity index (χ0v) is 14.8. The van der Waals surface area contributed by atoms with Gasteiger partial charge < -0.3 is 14.6 Å². The van der Waals surface area contributed by atoms with Gasteiger partial charge in [-0.05, 0) is 61.5 Å². The Bertz CT molecular complexity index is 683. The lowest BCUT2D eigenvalue weighted by Crippen LogP contribution is -2.33. The highest BCUT2D eigenvalue weighted by Gasteiger charge is 2.22. The highest BCUT2D eigenvalue weighted by atomic mass is 35.5. The highest BCUT2D eigenvalue weighted by molar-refractivity contribution is 5.85. The Balaban J connectivity index is 0.00000169. The third-order valence-electron chi connectivity index (χ3n) is 5.05. The van der Waals surface area contributed by atoms with Crippen molar-refractivity contribution in [2.45, 2.75) is 32.6 Å². The molecule has 1 fully saturated rings. The van der Waals surface area contributed by atoms with Crippen molar-refractivity contribution in [2.24, 2.45) is 11.8 Å². The zero-order valence-electron chi connectivity index (χ0n) is 14.0. The first kappa shape index (κ1) is 17.2. The van der Waals surface area contributed by atoms with Crippen molar-refractivity contribution in [1.82, 2.24) is 15.5 Å². The van der Waals surface area contributed by atoms with Crippen LogP contribution in [-0.4, -0.2) is 29.8 Å². The molecule has 3 heterocycles. The molecular formula is C18H24ClN3O2. The molecule has 1 N–H and O–H groups in total. The lowest BCUT2D eigenvalue weighted by Gasteiger charge is -2.27. The van der Waals surface area contributed by atoms with Crippen LogP contribution in [0.1, 0.15) is 31.2 Å². The topological polar surface area (TPSA) is 60.2 Å². The van der Waals surface area contributed by atoms with Crippen LogP contribution in [0.2, 0.25) is 0 Å². The lowest BCUT2D eigenvalue weighted by atomic mass is 9.85. The molecule has 2 atom stereocenters. The maximum Gasteiger partial charge on any atom is 0.227 e. The second kappa shape index (κ2) is 7.53. The average molecular weight is 350 g/mol. The van der Waals surface area contributed by atoms with Gasteiger partial charge in [-0.1, -0.05) is 12.1 Å². The lowest BCUT2D eigenvalue weighted by molar-refractivity contribution is 0.257. The van der Waals surface area contributed by atoms with Gasteiger partial charge >= 0.3 is 0 Å². The van der Waals surface area contributed by atoms with E-state index < -0.39 is 0 Å². The summed E-state index contributed by atoms with van der Waals surface area (Å²) >= 11 is 0. The molecule has 2 aliphatic rings. The predicted octanol–water partition coefficient (Wildman–Crippen LogP) is 3.27. The molecule has 2 aromatic rings. The number of piperidine rings is 1. The zero-order chi connectivity index (χ0) is 15.6. The molecule has 6 heteroatoms. The van der Waals surface area contributed by atoms with Crippen molar-refractivity contribution < 1.29 is 9.26 Å². The summed E-state index contributed by atoms with van der Waals surface area (Å²) in [5, 5.41) is 7.65. The summed E-state index contributed by atoms with van der Waals surface area (Å²) in [6.07, 6.45) is 4.37. The molecule has 0 amide bonds. The number of hydrogen-bond acceptors (Lipinski definition) is 5. The van der Waals surface area contributed by atoms with Crippen LogP contribution in [0, 0.1) is 11.8 Å². The van der Waals surface area contributed by atoms with Crippen LogP contribution in [0.4, 0.5) is 0 Å². The van der Waals surface area contributed by atoms with Crippen molar-refractivity contribution in [1.29, 1.82) is 0 Å². The fourth-order valence-corrected chi connectivity index (χ4v) is 3.59. The fourth-order valence-electron chi connectivity index (χ4n) is 3.59. The van der Waals surface area contributed by atoms with Gasteiger partial charge in [0.05, 0.1) is 6.61 Å². The van der Waals surface area contributed by atoms with Gasteiger partial charge in [-0.2, -0.15) is 4.98 Å². The number of ether oxygens (including phenoxy) is 1. The molecule has 2 unspecified atom stereocenters. The predicted molar refractivity (Wildman–Crippen MR) is 94.6 cm³/mol. The van der Waals surface area contributed by atoms with Gasteiger partial charge in [0.15, 0.2) is 0 Å². The van der Waals surface area contributed by atoms with Gasteiger partial charge in [0.25, 0.3) is 0 Å². The first-order valence-corrected chi connectivity index (χ1v) is 8.59. The smallest absolute Gasteiger partial charge is 0.227 e. The normalized spacial score (nSPS) is 20.8. The molecular weight excluding hydrogens is 326 g/mol. The second-order valence-electron chi connectivity index (χ2n) is 6.72. The van der Waals surface area contributed by atoms with Crippen LogP contribution >= 0.6 is 12.4 Å². The van der Waals surface area contributed by atoms with Gasteiger partial charge in [0, 0.05) is 18.4 Å². The molecule has 0 saturated carbocycles. The number of fused-ring (bicyclic) bond motifs is 1. The number of hydrogen-bond donors (Lipinski definition) is 1. The Hall–Kier alpha value is -1.59. The minimum atomic E-state index is 0. The van der Waals surface area contributed by atoms with Gasteiger partial charge in [-0.25, -0.2) is 0 Å². The van der Waals surface area contributed by atoms with Crippen LogP contribution in [0.15, 0.2) is 22.7 Å². The van der Waals surface area contributed by atoms with Crippen LogP contribution < -0.4 is 10.1 Å². The van der Waals surface area contributed by atoms with E-state index in [4.69, 9.17) is 9.26 Å². The van der Waals surface area contributed by atoms with E-state index in [-0.39, 0.29) is 12.4 Å². The summed E-state index contributed by atoms with van der Waals surface area (Å²) < 4.78 is 11.0. The maximum absolute atomic E-state index is 5.54. The van der Waals surface area contributed by atoms with E-state index in [9.17, 15) is 0 Å². The van der Waals surface area contributed by atoms with Crippen molar-refractivity contribution >= 4 is 12.4 Å². The molecule has 24 heavy (non-hydrogen) atoms. The SMILES string of the molecule is CC(Cc1nc(-c2ccc3c(c2)CCO3)no1)C1CCCNC1.Cl. The molecule has 1 aromatic carbocycles.